The standard InChI is InChI=1S/C18H26N4OS/c1-12-11-24-18(19-12)16-7-5-6-10-22(16)17(23)9-8-15-13(2)20-21(4)14(15)3/h11,16H,5-10H2,1-4H3. The third kappa shape index (κ3) is 3.38. The fraction of sp³-hybridized carbons (Fsp3) is 0.611. The molecule has 2 aromatic heterocycles. The van der Waals surface area contributed by atoms with E-state index in [1.165, 1.54) is 12.0 Å². The SMILES string of the molecule is Cc1csc(C2CCCCN2C(=O)CCc2c(C)nn(C)c2C)n1. The maximum Gasteiger partial charge on any atom is 0.223 e. The van der Waals surface area contributed by atoms with Crippen LogP contribution in [-0.4, -0.2) is 32.1 Å². The van der Waals surface area contributed by atoms with Gasteiger partial charge in [0, 0.05) is 36.8 Å². The molecule has 0 N–H and O–H groups in total. The molecule has 2 aromatic rings. The van der Waals surface area contributed by atoms with E-state index in [9.17, 15) is 4.79 Å². The molecule has 0 aliphatic carbocycles. The summed E-state index contributed by atoms with van der Waals surface area (Å²) in [4.78, 5) is 19.6. The van der Waals surface area contributed by atoms with Crippen molar-refractivity contribution in [3.05, 3.63) is 33.0 Å². The van der Waals surface area contributed by atoms with Crippen molar-refractivity contribution in [1.29, 1.82) is 0 Å². The van der Waals surface area contributed by atoms with Gasteiger partial charge in [0.2, 0.25) is 5.91 Å². The summed E-state index contributed by atoms with van der Waals surface area (Å²) in [6, 6.07) is 0.168. The Bertz CT molecular complexity index is 733. The lowest BCUT2D eigenvalue weighted by atomic mass is 10.0. The monoisotopic (exact) mass is 346 g/mol. The Morgan fingerprint density at radius 1 is 1.33 bits per heavy atom. The fourth-order valence-electron chi connectivity index (χ4n) is 3.57. The van der Waals surface area contributed by atoms with Crippen LogP contribution < -0.4 is 0 Å². The van der Waals surface area contributed by atoms with Gasteiger partial charge in [0.25, 0.3) is 0 Å². The largest absolute Gasteiger partial charge is 0.333 e. The van der Waals surface area contributed by atoms with Gasteiger partial charge in [0.15, 0.2) is 0 Å². The average Bonchev–Trinajstić information content (AvgIpc) is 3.10. The average molecular weight is 347 g/mol. The number of hydrogen-bond donors (Lipinski definition) is 0. The molecule has 0 radical (unpaired) electrons. The smallest absolute Gasteiger partial charge is 0.223 e. The topological polar surface area (TPSA) is 51.0 Å². The Morgan fingerprint density at radius 2 is 2.12 bits per heavy atom. The Morgan fingerprint density at radius 3 is 2.75 bits per heavy atom. The van der Waals surface area contributed by atoms with Crippen LogP contribution in [0.25, 0.3) is 0 Å². The fourth-order valence-corrected chi connectivity index (χ4v) is 4.51. The first-order valence-corrected chi connectivity index (χ1v) is 9.56. The van der Waals surface area contributed by atoms with E-state index in [0.717, 1.165) is 47.9 Å². The van der Waals surface area contributed by atoms with Gasteiger partial charge in [-0.05, 0) is 52.0 Å². The first-order chi connectivity index (χ1) is 11.5. The van der Waals surface area contributed by atoms with Crippen molar-refractivity contribution in [1.82, 2.24) is 19.7 Å². The number of piperidine rings is 1. The van der Waals surface area contributed by atoms with E-state index < -0.39 is 0 Å². The van der Waals surface area contributed by atoms with Gasteiger partial charge < -0.3 is 4.90 Å². The molecule has 0 bridgehead atoms. The van der Waals surface area contributed by atoms with Gasteiger partial charge in [-0.25, -0.2) is 4.98 Å². The van der Waals surface area contributed by atoms with Crippen molar-refractivity contribution in [2.75, 3.05) is 6.54 Å². The molecule has 0 aromatic carbocycles. The van der Waals surface area contributed by atoms with Crippen molar-refractivity contribution in [3.8, 4) is 0 Å². The molecule has 1 amide bonds. The minimum atomic E-state index is 0.168. The second-order valence-electron chi connectivity index (χ2n) is 6.70. The minimum Gasteiger partial charge on any atom is -0.333 e. The maximum absolute atomic E-state index is 12.9. The van der Waals surface area contributed by atoms with Crippen molar-refractivity contribution < 1.29 is 4.79 Å². The number of nitrogens with zero attached hydrogens (tertiary/aromatic N) is 4. The highest BCUT2D eigenvalue weighted by molar-refractivity contribution is 7.09. The number of thiazole rings is 1. The molecule has 1 aliphatic rings. The van der Waals surface area contributed by atoms with Crippen LogP contribution in [0.2, 0.25) is 0 Å². The van der Waals surface area contributed by atoms with Crippen molar-refractivity contribution in [2.24, 2.45) is 7.05 Å². The molecule has 1 fully saturated rings. The van der Waals surface area contributed by atoms with E-state index in [-0.39, 0.29) is 11.9 Å². The molecule has 130 valence electrons. The molecule has 1 saturated heterocycles. The first-order valence-electron chi connectivity index (χ1n) is 8.68. The van der Waals surface area contributed by atoms with Gasteiger partial charge in [-0.3, -0.25) is 9.48 Å². The summed E-state index contributed by atoms with van der Waals surface area (Å²) in [6.07, 6.45) is 4.62. The van der Waals surface area contributed by atoms with Crippen molar-refractivity contribution in [3.63, 3.8) is 0 Å². The Labute approximate surface area is 147 Å². The lowest BCUT2D eigenvalue weighted by molar-refractivity contribution is -0.135. The van der Waals surface area contributed by atoms with E-state index >= 15 is 0 Å². The van der Waals surface area contributed by atoms with Crippen LogP contribution in [-0.2, 0) is 18.3 Å². The summed E-state index contributed by atoms with van der Waals surface area (Å²) in [5.41, 5.74) is 4.46. The molecule has 5 nitrogen and oxygen atoms in total. The quantitative estimate of drug-likeness (QED) is 0.851. The third-order valence-corrected chi connectivity index (χ3v) is 6.06. The Balaban J connectivity index is 1.70. The zero-order valence-corrected chi connectivity index (χ0v) is 15.8. The predicted octanol–water partition coefficient (Wildman–Crippen LogP) is 3.49. The van der Waals surface area contributed by atoms with Gasteiger partial charge >= 0.3 is 0 Å². The highest BCUT2D eigenvalue weighted by Gasteiger charge is 2.29. The molecule has 1 aliphatic heterocycles. The van der Waals surface area contributed by atoms with Crippen LogP contribution in [0, 0.1) is 20.8 Å². The Hall–Kier alpha value is -1.69. The summed E-state index contributed by atoms with van der Waals surface area (Å²) in [6.45, 7) is 6.97. The second kappa shape index (κ2) is 7.05. The van der Waals surface area contributed by atoms with Crippen molar-refractivity contribution >= 4 is 17.2 Å². The zero-order valence-electron chi connectivity index (χ0n) is 15.0. The molecule has 1 atom stereocenters. The molecule has 3 rings (SSSR count). The van der Waals surface area contributed by atoms with Gasteiger partial charge in [0.05, 0.1) is 11.7 Å². The number of aromatic nitrogens is 3. The van der Waals surface area contributed by atoms with Crippen LogP contribution >= 0.6 is 11.3 Å². The van der Waals surface area contributed by atoms with Crippen LogP contribution in [0.15, 0.2) is 5.38 Å². The number of aryl methyl sites for hydroxylation is 3. The number of likely N-dealkylation sites (tertiary alicyclic amines) is 1. The molecule has 6 heteroatoms. The number of hydrogen-bond acceptors (Lipinski definition) is 4. The zero-order chi connectivity index (χ0) is 17.3. The maximum atomic E-state index is 12.9. The normalized spacial score (nSPS) is 18.2. The Kier molecular flexibility index (Phi) is 5.04. The second-order valence-corrected chi connectivity index (χ2v) is 7.59. The van der Waals surface area contributed by atoms with Gasteiger partial charge in [0.1, 0.15) is 5.01 Å². The van der Waals surface area contributed by atoms with Crippen LogP contribution in [0.4, 0.5) is 0 Å². The summed E-state index contributed by atoms with van der Waals surface area (Å²) in [5.74, 6) is 0.246. The van der Waals surface area contributed by atoms with E-state index in [1.807, 2.05) is 25.6 Å². The highest BCUT2D eigenvalue weighted by atomic mass is 32.1. The molecular weight excluding hydrogens is 320 g/mol. The van der Waals surface area contributed by atoms with Crippen molar-refractivity contribution in [2.45, 2.75) is 58.9 Å². The van der Waals surface area contributed by atoms with Gasteiger partial charge in [-0.15, -0.1) is 11.3 Å². The molecule has 0 spiro atoms. The summed E-state index contributed by atoms with van der Waals surface area (Å²) in [5, 5.41) is 7.62. The summed E-state index contributed by atoms with van der Waals surface area (Å²) >= 11 is 1.68. The molecule has 3 heterocycles. The summed E-state index contributed by atoms with van der Waals surface area (Å²) in [7, 11) is 1.96. The van der Waals surface area contributed by atoms with Crippen LogP contribution in [0.1, 0.15) is 59.4 Å². The molecule has 1 unspecified atom stereocenters. The van der Waals surface area contributed by atoms with E-state index in [1.54, 1.807) is 11.3 Å². The van der Waals surface area contributed by atoms with E-state index in [4.69, 9.17) is 0 Å². The predicted molar refractivity (Wildman–Crippen MR) is 96.2 cm³/mol. The number of carbonyl (C=O) groups excluding carboxylic acids is 1. The lowest BCUT2D eigenvalue weighted by Gasteiger charge is -2.34. The van der Waals surface area contributed by atoms with E-state index in [2.05, 4.69) is 27.3 Å². The number of carbonyl (C=O) groups is 1. The van der Waals surface area contributed by atoms with E-state index in [0.29, 0.717) is 6.42 Å². The third-order valence-electron chi connectivity index (χ3n) is 4.99. The minimum absolute atomic E-state index is 0.168. The van der Waals surface area contributed by atoms with Gasteiger partial charge in [-0.2, -0.15) is 5.10 Å². The number of rotatable bonds is 4. The first kappa shape index (κ1) is 17.1. The molecule has 24 heavy (non-hydrogen) atoms. The highest BCUT2D eigenvalue weighted by Crippen LogP contribution is 2.33. The van der Waals surface area contributed by atoms with Crippen LogP contribution in [0.3, 0.4) is 0 Å². The van der Waals surface area contributed by atoms with Crippen LogP contribution in [0.5, 0.6) is 0 Å². The molecule has 0 saturated carbocycles. The summed E-state index contributed by atoms with van der Waals surface area (Å²) < 4.78 is 1.90. The molecular formula is C18H26N4OS. The number of amides is 1. The van der Waals surface area contributed by atoms with Gasteiger partial charge in [-0.1, -0.05) is 0 Å². The lowest BCUT2D eigenvalue weighted by Crippen LogP contribution is -2.38.